The number of anilines is 1. The fraction of sp³-hybridized carbons (Fsp3) is 0.150. The van der Waals surface area contributed by atoms with Crippen molar-refractivity contribution in [2.75, 3.05) is 19.0 Å². The Hall–Kier alpha value is -3.12. The summed E-state index contributed by atoms with van der Waals surface area (Å²) in [6, 6.07) is 11.8. The van der Waals surface area contributed by atoms with Crippen LogP contribution >= 0.6 is 11.6 Å². The van der Waals surface area contributed by atoms with Crippen LogP contribution in [0.5, 0.6) is 0 Å². The number of benzene rings is 2. The number of esters is 1. The highest BCUT2D eigenvalue weighted by molar-refractivity contribution is 6.31. The van der Waals surface area contributed by atoms with Crippen molar-refractivity contribution in [1.29, 1.82) is 0 Å². The lowest BCUT2D eigenvalue weighted by molar-refractivity contribution is -0.142. The van der Waals surface area contributed by atoms with E-state index in [1.165, 1.54) is 19.2 Å². The molecule has 2 aromatic rings. The third kappa shape index (κ3) is 6.27. The Morgan fingerprint density at radius 3 is 2.63 bits per heavy atom. The SMILES string of the molecule is CNC(=O)c1cccc(NC(=O)COC(=O)/C=C/c2ccc(C)c(Cl)c2)c1. The van der Waals surface area contributed by atoms with E-state index in [0.717, 1.165) is 11.1 Å². The van der Waals surface area contributed by atoms with Gasteiger partial charge in [-0.2, -0.15) is 0 Å². The number of hydrogen-bond acceptors (Lipinski definition) is 4. The Kier molecular flexibility index (Phi) is 7.14. The Morgan fingerprint density at radius 1 is 1.15 bits per heavy atom. The van der Waals surface area contributed by atoms with Gasteiger partial charge >= 0.3 is 5.97 Å². The predicted molar refractivity (Wildman–Crippen MR) is 105 cm³/mol. The molecule has 6 nitrogen and oxygen atoms in total. The number of amides is 2. The average Bonchev–Trinajstić information content (AvgIpc) is 2.66. The van der Waals surface area contributed by atoms with Crippen LogP contribution in [0.15, 0.2) is 48.5 Å². The van der Waals surface area contributed by atoms with Gasteiger partial charge in [-0.15, -0.1) is 0 Å². The number of hydrogen-bond donors (Lipinski definition) is 2. The van der Waals surface area contributed by atoms with Crippen molar-refractivity contribution in [2.24, 2.45) is 0 Å². The Bertz CT molecular complexity index is 893. The molecule has 0 atom stereocenters. The lowest BCUT2D eigenvalue weighted by atomic mass is 10.1. The van der Waals surface area contributed by atoms with E-state index in [1.807, 2.05) is 19.1 Å². The molecule has 0 bridgehead atoms. The molecule has 2 aromatic carbocycles. The van der Waals surface area contributed by atoms with Crippen molar-refractivity contribution < 1.29 is 19.1 Å². The van der Waals surface area contributed by atoms with Crippen molar-refractivity contribution in [3.63, 3.8) is 0 Å². The van der Waals surface area contributed by atoms with Crippen molar-refractivity contribution in [3.8, 4) is 0 Å². The van der Waals surface area contributed by atoms with Crippen LogP contribution < -0.4 is 10.6 Å². The van der Waals surface area contributed by atoms with E-state index in [9.17, 15) is 14.4 Å². The first-order valence-electron chi connectivity index (χ1n) is 8.12. The molecule has 0 fully saturated rings. The van der Waals surface area contributed by atoms with Gasteiger partial charge in [0.1, 0.15) is 0 Å². The van der Waals surface area contributed by atoms with Crippen LogP contribution in [0.2, 0.25) is 5.02 Å². The summed E-state index contributed by atoms with van der Waals surface area (Å²) in [4.78, 5) is 35.2. The van der Waals surface area contributed by atoms with Crippen molar-refractivity contribution in [2.45, 2.75) is 6.92 Å². The second-order valence-electron chi connectivity index (χ2n) is 5.66. The van der Waals surface area contributed by atoms with Crippen molar-refractivity contribution in [1.82, 2.24) is 5.32 Å². The molecule has 0 radical (unpaired) electrons. The fourth-order valence-electron chi connectivity index (χ4n) is 2.14. The van der Waals surface area contributed by atoms with Gasteiger partial charge in [0.15, 0.2) is 6.61 Å². The van der Waals surface area contributed by atoms with Gasteiger partial charge in [-0.1, -0.05) is 29.8 Å². The van der Waals surface area contributed by atoms with Gasteiger partial charge in [0.05, 0.1) is 0 Å². The largest absolute Gasteiger partial charge is 0.452 e. The van der Waals surface area contributed by atoms with Crippen LogP contribution in [-0.4, -0.2) is 31.4 Å². The van der Waals surface area contributed by atoms with Crippen molar-refractivity contribution in [3.05, 3.63) is 70.3 Å². The van der Waals surface area contributed by atoms with Crippen LogP contribution in [0.3, 0.4) is 0 Å². The van der Waals surface area contributed by atoms with Gasteiger partial charge in [0.2, 0.25) is 0 Å². The number of nitrogens with one attached hydrogen (secondary N) is 2. The monoisotopic (exact) mass is 386 g/mol. The number of carbonyl (C=O) groups is 3. The molecule has 0 unspecified atom stereocenters. The zero-order valence-corrected chi connectivity index (χ0v) is 15.7. The lowest BCUT2D eigenvalue weighted by Crippen LogP contribution is -2.21. The number of aryl methyl sites for hydroxylation is 1. The molecule has 2 rings (SSSR count). The van der Waals surface area contributed by atoms with Crippen LogP contribution in [0.1, 0.15) is 21.5 Å². The highest BCUT2D eigenvalue weighted by atomic mass is 35.5. The molecule has 140 valence electrons. The standard InChI is InChI=1S/C20H19ClN2O4/c1-13-6-7-14(10-17(13)21)8-9-19(25)27-12-18(24)23-16-5-3-4-15(11-16)20(26)22-2/h3-11H,12H2,1-2H3,(H,22,26)(H,23,24)/b9-8+. The maximum atomic E-state index is 11.9. The van der Waals surface area contributed by atoms with E-state index in [2.05, 4.69) is 10.6 Å². The zero-order chi connectivity index (χ0) is 19.8. The van der Waals surface area contributed by atoms with Gasteiger partial charge in [0.25, 0.3) is 11.8 Å². The van der Waals surface area contributed by atoms with Gasteiger partial charge in [-0.25, -0.2) is 4.79 Å². The van der Waals surface area contributed by atoms with Crippen molar-refractivity contribution >= 4 is 41.1 Å². The van der Waals surface area contributed by atoms with Gasteiger partial charge in [-0.3, -0.25) is 9.59 Å². The first-order valence-corrected chi connectivity index (χ1v) is 8.50. The summed E-state index contributed by atoms with van der Waals surface area (Å²) >= 11 is 6.02. The Labute approximate surface area is 162 Å². The number of carbonyl (C=O) groups excluding carboxylic acids is 3. The minimum atomic E-state index is -0.652. The van der Waals surface area contributed by atoms with E-state index in [-0.39, 0.29) is 5.91 Å². The third-order valence-corrected chi connectivity index (χ3v) is 4.00. The normalized spacial score (nSPS) is 10.5. The fourth-order valence-corrected chi connectivity index (χ4v) is 2.33. The number of ether oxygens (including phenoxy) is 1. The molecular formula is C20H19ClN2O4. The topological polar surface area (TPSA) is 84.5 Å². The number of halogens is 1. The molecule has 2 amide bonds. The van der Waals surface area contributed by atoms with Crippen LogP contribution in [0.25, 0.3) is 6.08 Å². The second-order valence-corrected chi connectivity index (χ2v) is 6.06. The van der Waals surface area contributed by atoms with Crippen LogP contribution in [-0.2, 0) is 14.3 Å². The molecule has 0 aliphatic rings. The van der Waals surface area contributed by atoms with E-state index in [4.69, 9.17) is 16.3 Å². The summed E-state index contributed by atoms with van der Waals surface area (Å²) in [7, 11) is 1.52. The van der Waals surface area contributed by atoms with E-state index < -0.39 is 18.5 Å². The molecular weight excluding hydrogens is 368 g/mol. The summed E-state index contributed by atoms with van der Waals surface area (Å²) in [6.45, 7) is 1.44. The Balaban J connectivity index is 1.86. The third-order valence-electron chi connectivity index (χ3n) is 3.59. The highest BCUT2D eigenvalue weighted by Crippen LogP contribution is 2.17. The maximum absolute atomic E-state index is 11.9. The average molecular weight is 387 g/mol. The molecule has 0 aliphatic carbocycles. The summed E-state index contributed by atoms with van der Waals surface area (Å²) in [5, 5.41) is 5.67. The van der Waals surface area contributed by atoms with E-state index in [1.54, 1.807) is 30.3 Å². The molecule has 27 heavy (non-hydrogen) atoms. The minimum absolute atomic E-state index is 0.265. The quantitative estimate of drug-likeness (QED) is 0.589. The molecule has 0 saturated carbocycles. The summed E-state index contributed by atoms with van der Waals surface area (Å²) in [5.74, 6) is -1.43. The van der Waals surface area contributed by atoms with Crippen LogP contribution in [0.4, 0.5) is 5.69 Å². The summed E-state index contributed by atoms with van der Waals surface area (Å²) in [6.07, 6.45) is 2.78. The van der Waals surface area contributed by atoms with Gasteiger partial charge in [0, 0.05) is 29.4 Å². The zero-order valence-electron chi connectivity index (χ0n) is 14.9. The summed E-state index contributed by atoms with van der Waals surface area (Å²) < 4.78 is 4.90. The number of rotatable bonds is 6. The first kappa shape index (κ1) is 20.2. The molecule has 0 spiro atoms. The van der Waals surface area contributed by atoms with Gasteiger partial charge < -0.3 is 15.4 Å². The van der Waals surface area contributed by atoms with Crippen LogP contribution in [0, 0.1) is 6.92 Å². The summed E-state index contributed by atoms with van der Waals surface area (Å²) in [5.41, 5.74) is 2.53. The predicted octanol–water partition coefficient (Wildman–Crippen LogP) is 3.20. The smallest absolute Gasteiger partial charge is 0.331 e. The second kappa shape index (κ2) is 9.54. The first-order chi connectivity index (χ1) is 12.9. The molecule has 0 aliphatic heterocycles. The highest BCUT2D eigenvalue weighted by Gasteiger charge is 2.08. The molecule has 0 saturated heterocycles. The van der Waals surface area contributed by atoms with E-state index >= 15 is 0 Å². The molecule has 0 aromatic heterocycles. The maximum Gasteiger partial charge on any atom is 0.331 e. The lowest BCUT2D eigenvalue weighted by Gasteiger charge is -2.07. The molecule has 2 N–H and O–H groups in total. The van der Waals surface area contributed by atoms with Gasteiger partial charge in [-0.05, 0) is 48.4 Å². The van der Waals surface area contributed by atoms with E-state index in [0.29, 0.717) is 16.3 Å². The Morgan fingerprint density at radius 2 is 1.93 bits per heavy atom. The molecule has 0 heterocycles. The minimum Gasteiger partial charge on any atom is -0.452 e. The molecule has 7 heteroatoms.